The van der Waals surface area contributed by atoms with Crippen molar-refractivity contribution in [2.24, 2.45) is 0 Å². The Hall–Kier alpha value is -2.92. The standard InChI is InChI=1S/C22H23N3O2/c26-16-18-10-4-6-14-24(18)21(27)13-12-19-20-11-5-7-15-25(20)23-22(19)17-8-2-1-3-9-17/h1-3,5,7-9,11-13,15,18,26H,4,6,10,14,16H2/b13-12+/t18-/m1/s1. The number of fused-ring (bicyclic) bond motifs is 1. The highest BCUT2D eigenvalue weighted by molar-refractivity contribution is 5.95. The van der Waals surface area contributed by atoms with Crippen LogP contribution >= 0.6 is 0 Å². The molecule has 5 nitrogen and oxygen atoms in total. The molecule has 0 saturated carbocycles. The number of rotatable bonds is 4. The zero-order valence-electron chi connectivity index (χ0n) is 15.2. The normalized spacial score (nSPS) is 17.7. The maximum atomic E-state index is 12.7. The fourth-order valence-electron chi connectivity index (χ4n) is 3.72. The van der Waals surface area contributed by atoms with Gasteiger partial charge in [0.25, 0.3) is 0 Å². The Bertz CT molecular complexity index is 962. The number of aliphatic hydroxyl groups is 1. The first-order valence-corrected chi connectivity index (χ1v) is 9.40. The van der Waals surface area contributed by atoms with Crippen LogP contribution in [0.1, 0.15) is 24.8 Å². The monoisotopic (exact) mass is 361 g/mol. The van der Waals surface area contributed by atoms with E-state index in [1.54, 1.807) is 11.0 Å². The van der Waals surface area contributed by atoms with Crippen molar-refractivity contribution in [1.82, 2.24) is 14.5 Å². The van der Waals surface area contributed by atoms with Gasteiger partial charge in [-0.05, 0) is 37.5 Å². The van der Waals surface area contributed by atoms with Gasteiger partial charge in [-0.3, -0.25) is 4.79 Å². The molecular weight excluding hydrogens is 338 g/mol. The summed E-state index contributed by atoms with van der Waals surface area (Å²) >= 11 is 0. The highest BCUT2D eigenvalue weighted by Gasteiger charge is 2.24. The summed E-state index contributed by atoms with van der Waals surface area (Å²) in [6, 6.07) is 15.8. The molecule has 3 heterocycles. The highest BCUT2D eigenvalue weighted by atomic mass is 16.3. The van der Waals surface area contributed by atoms with Crippen LogP contribution in [-0.2, 0) is 4.79 Å². The molecule has 1 aliphatic rings. The molecule has 0 aliphatic carbocycles. The number of likely N-dealkylation sites (tertiary alicyclic amines) is 1. The summed E-state index contributed by atoms with van der Waals surface area (Å²) in [6.07, 6.45) is 8.29. The second kappa shape index (κ2) is 7.76. The van der Waals surface area contributed by atoms with Gasteiger partial charge < -0.3 is 10.0 Å². The van der Waals surface area contributed by atoms with Gasteiger partial charge in [-0.2, -0.15) is 5.10 Å². The van der Waals surface area contributed by atoms with Crippen molar-refractivity contribution in [2.45, 2.75) is 25.3 Å². The van der Waals surface area contributed by atoms with Crippen LogP contribution in [0.2, 0.25) is 0 Å². The van der Waals surface area contributed by atoms with Crippen molar-refractivity contribution in [2.75, 3.05) is 13.2 Å². The number of hydrogen-bond acceptors (Lipinski definition) is 3. The van der Waals surface area contributed by atoms with Crippen LogP contribution < -0.4 is 0 Å². The second-order valence-electron chi connectivity index (χ2n) is 6.86. The van der Waals surface area contributed by atoms with Gasteiger partial charge >= 0.3 is 0 Å². The fourth-order valence-corrected chi connectivity index (χ4v) is 3.72. The first-order chi connectivity index (χ1) is 13.3. The van der Waals surface area contributed by atoms with E-state index < -0.39 is 0 Å². The molecule has 0 spiro atoms. The van der Waals surface area contributed by atoms with Crippen molar-refractivity contribution in [1.29, 1.82) is 0 Å². The van der Waals surface area contributed by atoms with Gasteiger partial charge in [0, 0.05) is 29.9 Å². The third kappa shape index (κ3) is 3.51. The summed E-state index contributed by atoms with van der Waals surface area (Å²) in [5, 5.41) is 14.3. The van der Waals surface area contributed by atoms with Gasteiger partial charge in [0.15, 0.2) is 0 Å². The quantitative estimate of drug-likeness (QED) is 0.725. The molecule has 0 bridgehead atoms. The molecule has 1 saturated heterocycles. The van der Waals surface area contributed by atoms with Crippen LogP contribution in [0.4, 0.5) is 0 Å². The number of carbonyl (C=O) groups excluding carboxylic acids is 1. The number of nitrogens with zero attached hydrogens (tertiary/aromatic N) is 3. The zero-order valence-corrected chi connectivity index (χ0v) is 15.2. The summed E-state index contributed by atoms with van der Waals surface area (Å²) in [7, 11) is 0. The molecular formula is C22H23N3O2. The predicted molar refractivity (Wildman–Crippen MR) is 106 cm³/mol. The molecule has 1 atom stereocenters. The summed E-state index contributed by atoms with van der Waals surface area (Å²) in [5.74, 6) is -0.0527. The van der Waals surface area contributed by atoms with Gasteiger partial charge in [0.05, 0.1) is 18.2 Å². The molecule has 1 aliphatic heterocycles. The summed E-state index contributed by atoms with van der Waals surface area (Å²) in [6.45, 7) is 0.722. The SMILES string of the molecule is O=C(/C=C/c1c(-c2ccccc2)nn2ccccc12)N1CCCC[C@@H]1CO. The predicted octanol–water partition coefficient (Wildman–Crippen LogP) is 3.39. The van der Waals surface area contributed by atoms with Gasteiger partial charge in [-0.1, -0.05) is 36.4 Å². The van der Waals surface area contributed by atoms with E-state index in [0.29, 0.717) is 6.54 Å². The Morgan fingerprint density at radius 3 is 2.78 bits per heavy atom. The Labute approximate surface area is 158 Å². The van der Waals surface area contributed by atoms with Crippen molar-refractivity contribution >= 4 is 17.5 Å². The Morgan fingerprint density at radius 1 is 1.15 bits per heavy atom. The maximum absolute atomic E-state index is 12.7. The van der Waals surface area contributed by atoms with E-state index in [1.165, 1.54) is 0 Å². The number of amides is 1. The van der Waals surface area contributed by atoms with Gasteiger partial charge in [-0.25, -0.2) is 4.52 Å². The van der Waals surface area contributed by atoms with Crippen LogP contribution in [0, 0.1) is 0 Å². The molecule has 2 aromatic heterocycles. The third-order valence-corrected chi connectivity index (χ3v) is 5.14. The van der Waals surface area contributed by atoms with E-state index in [9.17, 15) is 9.90 Å². The largest absolute Gasteiger partial charge is 0.394 e. The van der Waals surface area contributed by atoms with Crippen molar-refractivity contribution in [3.8, 4) is 11.3 Å². The summed E-state index contributed by atoms with van der Waals surface area (Å²) < 4.78 is 1.84. The lowest BCUT2D eigenvalue weighted by atomic mass is 10.0. The molecule has 4 rings (SSSR count). The smallest absolute Gasteiger partial charge is 0.246 e. The van der Waals surface area contributed by atoms with Crippen LogP contribution in [-0.4, -0.2) is 44.7 Å². The van der Waals surface area contributed by atoms with Crippen molar-refractivity contribution in [3.05, 3.63) is 66.4 Å². The van der Waals surface area contributed by atoms with E-state index >= 15 is 0 Å². The molecule has 0 radical (unpaired) electrons. The number of piperidine rings is 1. The van der Waals surface area contributed by atoms with Crippen LogP contribution in [0.3, 0.4) is 0 Å². The molecule has 1 fully saturated rings. The summed E-state index contributed by atoms with van der Waals surface area (Å²) in [5.41, 5.74) is 3.74. The molecule has 5 heteroatoms. The molecule has 0 unspecified atom stereocenters. The maximum Gasteiger partial charge on any atom is 0.246 e. The van der Waals surface area contributed by atoms with E-state index in [-0.39, 0.29) is 18.6 Å². The van der Waals surface area contributed by atoms with Gasteiger partial charge in [0.1, 0.15) is 5.69 Å². The topological polar surface area (TPSA) is 57.8 Å². The van der Waals surface area contributed by atoms with E-state index in [4.69, 9.17) is 5.10 Å². The average molecular weight is 361 g/mol. The van der Waals surface area contributed by atoms with Crippen molar-refractivity contribution < 1.29 is 9.90 Å². The minimum Gasteiger partial charge on any atom is -0.394 e. The summed E-state index contributed by atoms with van der Waals surface area (Å²) in [4.78, 5) is 14.5. The van der Waals surface area contributed by atoms with Crippen LogP contribution in [0.25, 0.3) is 22.9 Å². The molecule has 1 aromatic carbocycles. The van der Waals surface area contributed by atoms with Gasteiger partial charge in [-0.15, -0.1) is 0 Å². The lowest BCUT2D eigenvalue weighted by molar-refractivity contribution is -0.130. The number of aliphatic hydroxyl groups excluding tert-OH is 1. The Kier molecular flexibility index (Phi) is 5.03. The molecule has 3 aromatic rings. The Morgan fingerprint density at radius 2 is 1.96 bits per heavy atom. The lowest BCUT2D eigenvalue weighted by Gasteiger charge is -2.33. The Balaban J connectivity index is 1.70. The minimum absolute atomic E-state index is 0.0194. The number of aromatic nitrogens is 2. The van der Waals surface area contributed by atoms with Crippen LogP contribution in [0.5, 0.6) is 0 Å². The highest BCUT2D eigenvalue weighted by Crippen LogP contribution is 2.27. The number of hydrogen-bond donors (Lipinski definition) is 1. The lowest BCUT2D eigenvalue weighted by Crippen LogP contribution is -2.44. The number of pyridine rings is 1. The molecule has 27 heavy (non-hydrogen) atoms. The number of benzene rings is 1. The molecule has 138 valence electrons. The van der Waals surface area contributed by atoms with E-state index in [2.05, 4.69) is 0 Å². The minimum atomic E-state index is -0.0756. The molecule has 1 amide bonds. The van der Waals surface area contributed by atoms with E-state index in [0.717, 1.165) is 41.6 Å². The van der Waals surface area contributed by atoms with Crippen molar-refractivity contribution in [3.63, 3.8) is 0 Å². The first-order valence-electron chi connectivity index (χ1n) is 9.40. The molecule has 1 N–H and O–H groups in total. The van der Waals surface area contributed by atoms with E-state index in [1.807, 2.05) is 65.3 Å². The fraction of sp³-hybridized carbons (Fsp3) is 0.273. The third-order valence-electron chi connectivity index (χ3n) is 5.14. The average Bonchev–Trinajstić information content (AvgIpc) is 3.11. The van der Waals surface area contributed by atoms with Gasteiger partial charge in [0.2, 0.25) is 5.91 Å². The first kappa shape index (κ1) is 17.5. The zero-order chi connectivity index (χ0) is 18.6. The van der Waals surface area contributed by atoms with Crippen LogP contribution in [0.15, 0.2) is 60.8 Å². The number of carbonyl (C=O) groups is 1. The second-order valence-corrected chi connectivity index (χ2v) is 6.86.